The van der Waals surface area contributed by atoms with Gasteiger partial charge in [0, 0.05) is 0 Å². The molecule has 0 N–H and O–H groups in total. The fourth-order valence-electron chi connectivity index (χ4n) is 12.3. The molecule has 0 bridgehead atoms. The summed E-state index contributed by atoms with van der Waals surface area (Å²) < 4.78 is 75.4. The molecule has 0 aliphatic heterocycles. The minimum Gasteiger partial charge on any atom is -0.744 e. The zero-order valence-corrected chi connectivity index (χ0v) is 56.5. The van der Waals surface area contributed by atoms with Gasteiger partial charge < -0.3 is 9.11 Å². The van der Waals surface area contributed by atoms with Crippen LogP contribution >= 0.6 is 0 Å². The monoisotopic (exact) mass is 1180 g/mol. The summed E-state index contributed by atoms with van der Waals surface area (Å²) in [6.07, 6.45) is 58.0. The standard InChI is InChI=1S/2C36H60O3S.Ca/c2*1-3-5-7-9-11-13-15-17-19-21-23-28-33-31-32-27-25-26-29-34(32)35(36(33)40(37,38)39)30-24-22-20-18-16-14-12-10-8-6-4-2;/h2*25-27,29,31H,3-24,28,30H2,1-2H3,(H,37,38,39);/q;;+2/p-2. The molecule has 0 atom stereocenters. The van der Waals surface area contributed by atoms with E-state index in [1.54, 1.807) is 0 Å². The summed E-state index contributed by atoms with van der Waals surface area (Å²) in [5.74, 6) is 0. The zero-order valence-electron chi connectivity index (χ0n) is 52.7. The van der Waals surface area contributed by atoms with Crippen molar-refractivity contribution in [1.29, 1.82) is 0 Å². The van der Waals surface area contributed by atoms with Crippen LogP contribution in [0.3, 0.4) is 0 Å². The maximum absolute atomic E-state index is 12.6. The Kier molecular flexibility index (Phi) is 45.3. The molecule has 6 nitrogen and oxygen atoms in total. The van der Waals surface area contributed by atoms with Crippen LogP contribution in [0.4, 0.5) is 0 Å². The Morgan fingerprint density at radius 3 is 0.704 bits per heavy atom. The van der Waals surface area contributed by atoms with E-state index in [4.69, 9.17) is 0 Å². The van der Waals surface area contributed by atoms with Crippen LogP contribution in [-0.2, 0) is 45.9 Å². The van der Waals surface area contributed by atoms with Gasteiger partial charge in [0.15, 0.2) is 0 Å². The Hall–Kier alpha value is -1.52. The van der Waals surface area contributed by atoms with Gasteiger partial charge in [-0.3, -0.25) is 0 Å². The number of rotatable bonds is 50. The van der Waals surface area contributed by atoms with E-state index in [-0.39, 0.29) is 47.5 Å². The van der Waals surface area contributed by atoms with E-state index in [0.717, 1.165) is 95.2 Å². The van der Waals surface area contributed by atoms with Crippen molar-refractivity contribution in [3.63, 3.8) is 0 Å². The number of benzene rings is 4. The second kappa shape index (κ2) is 48.6. The summed E-state index contributed by atoms with van der Waals surface area (Å²) in [4.78, 5) is 0.177. The van der Waals surface area contributed by atoms with Crippen LogP contribution in [0.5, 0.6) is 0 Å². The predicted molar refractivity (Wildman–Crippen MR) is 350 cm³/mol. The van der Waals surface area contributed by atoms with Gasteiger partial charge in [-0.25, -0.2) is 16.8 Å². The van der Waals surface area contributed by atoms with Crippen molar-refractivity contribution in [2.45, 2.75) is 346 Å². The zero-order chi connectivity index (χ0) is 57.8. The molecule has 0 spiro atoms. The van der Waals surface area contributed by atoms with Crippen molar-refractivity contribution in [1.82, 2.24) is 0 Å². The second-order valence-electron chi connectivity index (χ2n) is 24.2. The van der Waals surface area contributed by atoms with Crippen LogP contribution in [-0.4, -0.2) is 63.7 Å². The van der Waals surface area contributed by atoms with E-state index in [1.165, 1.54) is 231 Å². The van der Waals surface area contributed by atoms with Crippen LogP contribution in [0.1, 0.15) is 332 Å². The third-order valence-electron chi connectivity index (χ3n) is 17.0. The van der Waals surface area contributed by atoms with Crippen molar-refractivity contribution in [3.05, 3.63) is 82.9 Å². The summed E-state index contributed by atoms with van der Waals surface area (Å²) >= 11 is 0. The average molecular weight is 1180 g/mol. The SMILES string of the molecule is CCCCCCCCCCCCCc1cc2ccccc2c(CCCCCCCCCCCCC)c1S(=O)(=O)[O-].CCCCCCCCCCCCCc1cc2ccccc2c(CCCCCCCCCCCCC)c1S(=O)(=O)[O-].[Ca+2]. The van der Waals surface area contributed by atoms with E-state index in [0.29, 0.717) is 25.7 Å². The van der Waals surface area contributed by atoms with Crippen LogP contribution in [0.2, 0.25) is 0 Å². The quantitative estimate of drug-likeness (QED) is 0.0247. The second-order valence-corrected chi connectivity index (χ2v) is 26.8. The molecular weight excluding hydrogens is 1060 g/mol. The Morgan fingerprint density at radius 1 is 0.284 bits per heavy atom. The van der Waals surface area contributed by atoms with Gasteiger partial charge in [-0.1, -0.05) is 333 Å². The molecule has 4 aromatic carbocycles. The van der Waals surface area contributed by atoms with Crippen molar-refractivity contribution >= 4 is 79.5 Å². The van der Waals surface area contributed by atoms with Crippen molar-refractivity contribution in [2.24, 2.45) is 0 Å². The molecule has 0 aliphatic carbocycles. The predicted octanol–water partition coefficient (Wildman–Crippen LogP) is 22.5. The third-order valence-corrected chi connectivity index (χ3v) is 19.0. The Balaban J connectivity index is 0.000000547. The van der Waals surface area contributed by atoms with E-state index in [2.05, 4.69) is 39.8 Å². The molecule has 81 heavy (non-hydrogen) atoms. The normalized spacial score (nSPS) is 11.8. The molecule has 0 heterocycles. The largest absolute Gasteiger partial charge is 2.00 e. The number of unbranched alkanes of at least 4 members (excludes halogenated alkanes) is 40. The van der Waals surface area contributed by atoms with Crippen molar-refractivity contribution in [2.75, 3.05) is 0 Å². The molecule has 0 aromatic heterocycles. The van der Waals surface area contributed by atoms with Crippen LogP contribution in [0.25, 0.3) is 21.5 Å². The summed E-state index contributed by atoms with van der Waals surface area (Å²) in [6, 6.07) is 20.0. The van der Waals surface area contributed by atoms with E-state index >= 15 is 0 Å². The molecule has 0 aliphatic rings. The van der Waals surface area contributed by atoms with E-state index in [9.17, 15) is 25.9 Å². The van der Waals surface area contributed by atoms with Gasteiger partial charge in [0.25, 0.3) is 0 Å². The summed E-state index contributed by atoms with van der Waals surface area (Å²) in [6.45, 7) is 9.03. The van der Waals surface area contributed by atoms with Gasteiger partial charge in [0.05, 0.1) is 9.79 Å². The molecule has 0 fully saturated rings. The third kappa shape index (κ3) is 33.8. The maximum atomic E-state index is 12.6. The number of hydrogen-bond acceptors (Lipinski definition) is 6. The maximum Gasteiger partial charge on any atom is 2.00 e. The molecule has 0 saturated heterocycles. The Bertz CT molecular complexity index is 2230. The number of fused-ring (bicyclic) bond motifs is 2. The van der Waals surface area contributed by atoms with Gasteiger partial charge in [-0.05, 0) is 107 Å². The topological polar surface area (TPSA) is 114 Å². The van der Waals surface area contributed by atoms with Crippen LogP contribution in [0, 0.1) is 0 Å². The molecule has 4 rings (SSSR count). The fraction of sp³-hybridized carbons (Fsp3) is 0.722. The van der Waals surface area contributed by atoms with Crippen molar-refractivity contribution < 1.29 is 25.9 Å². The van der Waals surface area contributed by atoms with E-state index < -0.39 is 20.2 Å². The van der Waals surface area contributed by atoms with Crippen LogP contribution in [0.15, 0.2) is 70.5 Å². The minimum absolute atomic E-state index is 0. The van der Waals surface area contributed by atoms with E-state index in [1.807, 2.05) is 48.5 Å². The first-order chi connectivity index (χ1) is 39.0. The van der Waals surface area contributed by atoms with Gasteiger partial charge >= 0.3 is 37.7 Å². The summed E-state index contributed by atoms with van der Waals surface area (Å²) in [7, 11) is -9.07. The van der Waals surface area contributed by atoms with Gasteiger partial charge in [-0.15, -0.1) is 0 Å². The smallest absolute Gasteiger partial charge is 0.744 e. The van der Waals surface area contributed by atoms with Crippen LogP contribution < -0.4 is 0 Å². The first kappa shape index (κ1) is 75.6. The number of aryl methyl sites for hydroxylation is 4. The summed E-state index contributed by atoms with van der Waals surface area (Å²) in [5, 5.41) is 4.00. The van der Waals surface area contributed by atoms with Gasteiger partial charge in [0.1, 0.15) is 20.2 Å². The minimum atomic E-state index is -4.53. The number of hydrogen-bond donors (Lipinski definition) is 0. The summed E-state index contributed by atoms with van der Waals surface area (Å²) in [5.41, 5.74) is 3.01. The molecule has 0 unspecified atom stereocenters. The Morgan fingerprint density at radius 2 is 0.481 bits per heavy atom. The average Bonchev–Trinajstić information content (AvgIpc) is 3.48. The first-order valence-corrected chi connectivity index (χ1v) is 36.8. The van der Waals surface area contributed by atoms with Crippen molar-refractivity contribution in [3.8, 4) is 0 Å². The fourth-order valence-corrected chi connectivity index (χ4v) is 14.3. The van der Waals surface area contributed by atoms with Gasteiger partial charge in [-0.2, -0.15) is 0 Å². The molecule has 0 amide bonds. The molecule has 9 heteroatoms. The Labute approximate surface area is 529 Å². The van der Waals surface area contributed by atoms with Gasteiger partial charge in [0.2, 0.25) is 0 Å². The molecule has 4 aromatic rings. The molecule has 456 valence electrons. The molecular formula is C72H118CaO6S2. The first-order valence-electron chi connectivity index (χ1n) is 34.0. The molecule has 0 radical (unpaired) electrons. The molecule has 0 saturated carbocycles.